The molecule has 0 aromatic carbocycles. The molecular weight excluding hydrogens is 150 g/mol. The molecule has 0 bridgehead atoms. The molecule has 0 saturated carbocycles. The summed E-state index contributed by atoms with van der Waals surface area (Å²) in [5.74, 6) is 0.559. The first-order valence-electron chi connectivity index (χ1n) is 4.35. The van der Waals surface area contributed by atoms with Gasteiger partial charge >= 0.3 is 0 Å². The van der Waals surface area contributed by atoms with Gasteiger partial charge in [0.15, 0.2) is 0 Å². The number of aromatic nitrogens is 1. The molecule has 0 spiro atoms. The summed E-state index contributed by atoms with van der Waals surface area (Å²) in [6.45, 7) is 4.81. The van der Waals surface area contributed by atoms with Crippen molar-refractivity contribution in [2.24, 2.45) is 11.7 Å². The Labute approximate surface area is 73.4 Å². The van der Waals surface area contributed by atoms with Gasteiger partial charge in [-0.1, -0.05) is 6.92 Å². The number of H-pyrrole nitrogens is 1. The Bertz CT molecular complexity index is 194. The molecule has 0 saturated heterocycles. The predicted octanol–water partition coefficient (Wildman–Crippen LogP) is 0.699. The van der Waals surface area contributed by atoms with Crippen molar-refractivity contribution in [3.63, 3.8) is 0 Å². The summed E-state index contributed by atoms with van der Waals surface area (Å²) in [6.07, 6.45) is 3.93. The van der Waals surface area contributed by atoms with Gasteiger partial charge in [-0.25, -0.2) is 0 Å². The fourth-order valence-electron chi connectivity index (χ4n) is 1.01. The number of hydrogen-bond acceptors (Lipinski definition) is 2. The van der Waals surface area contributed by atoms with E-state index >= 15 is 0 Å². The van der Waals surface area contributed by atoms with Crippen molar-refractivity contribution in [1.82, 2.24) is 10.3 Å². The molecule has 0 fully saturated rings. The molecule has 0 aliphatic carbocycles. The third kappa shape index (κ3) is 3.07. The molecule has 1 atom stereocenters. The largest absolute Gasteiger partial charge is 0.367 e. The van der Waals surface area contributed by atoms with Crippen LogP contribution in [0.3, 0.4) is 0 Å². The minimum Gasteiger partial charge on any atom is -0.367 e. The fraction of sp³-hybridized carbons (Fsp3) is 0.556. The maximum absolute atomic E-state index is 5.49. The Kier molecular flexibility index (Phi) is 3.84. The Morgan fingerprint density at radius 2 is 2.50 bits per heavy atom. The van der Waals surface area contributed by atoms with Crippen molar-refractivity contribution in [3.05, 3.63) is 24.0 Å². The molecule has 0 aliphatic rings. The van der Waals surface area contributed by atoms with Crippen LogP contribution in [-0.2, 0) is 6.54 Å². The summed E-state index contributed by atoms with van der Waals surface area (Å²) < 4.78 is 0. The van der Waals surface area contributed by atoms with Crippen LogP contribution in [0.1, 0.15) is 12.5 Å². The van der Waals surface area contributed by atoms with E-state index in [4.69, 9.17) is 5.73 Å². The van der Waals surface area contributed by atoms with Gasteiger partial charge in [-0.05, 0) is 30.6 Å². The van der Waals surface area contributed by atoms with Gasteiger partial charge in [0.1, 0.15) is 0 Å². The van der Waals surface area contributed by atoms with E-state index in [0.29, 0.717) is 5.92 Å². The molecule has 12 heavy (non-hydrogen) atoms. The van der Waals surface area contributed by atoms with Gasteiger partial charge in [0.25, 0.3) is 0 Å². The lowest BCUT2D eigenvalue weighted by Gasteiger charge is -2.08. The van der Waals surface area contributed by atoms with E-state index in [1.54, 1.807) is 0 Å². The van der Waals surface area contributed by atoms with Crippen LogP contribution in [0.15, 0.2) is 18.5 Å². The Morgan fingerprint density at radius 3 is 3.08 bits per heavy atom. The van der Waals surface area contributed by atoms with Crippen molar-refractivity contribution in [2.45, 2.75) is 13.5 Å². The average molecular weight is 167 g/mol. The highest BCUT2D eigenvalue weighted by Crippen LogP contribution is 1.95. The lowest BCUT2D eigenvalue weighted by atomic mass is 10.2. The molecule has 3 heteroatoms. The molecule has 1 heterocycles. The third-order valence-corrected chi connectivity index (χ3v) is 1.89. The smallest absolute Gasteiger partial charge is 0.0220 e. The van der Waals surface area contributed by atoms with Crippen LogP contribution in [0.2, 0.25) is 0 Å². The minimum atomic E-state index is 0.559. The summed E-state index contributed by atoms with van der Waals surface area (Å²) in [5.41, 5.74) is 6.78. The number of rotatable bonds is 5. The first kappa shape index (κ1) is 9.29. The number of aromatic amines is 1. The van der Waals surface area contributed by atoms with Crippen LogP contribution < -0.4 is 11.1 Å². The summed E-state index contributed by atoms with van der Waals surface area (Å²) >= 11 is 0. The van der Waals surface area contributed by atoms with E-state index in [1.807, 2.05) is 12.4 Å². The van der Waals surface area contributed by atoms with Crippen LogP contribution in [-0.4, -0.2) is 18.1 Å². The second-order valence-electron chi connectivity index (χ2n) is 3.19. The summed E-state index contributed by atoms with van der Waals surface area (Å²) in [6, 6.07) is 2.07. The van der Waals surface area contributed by atoms with E-state index < -0.39 is 0 Å². The van der Waals surface area contributed by atoms with Crippen molar-refractivity contribution >= 4 is 0 Å². The van der Waals surface area contributed by atoms with Gasteiger partial charge in [-0.3, -0.25) is 0 Å². The van der Waals surface area contributed by atoms with E-state index in [1.165, 1.54) is 5.56 Å². The monoisotopic (exact) mass is 167 g/mol. The molecule has 4 N–H and O–H groups in total. The van der Waals surface area contributed by atoms with Gasteiger partial charge in [-0.2, -0.15) is 0 Å². The third-order valence-electron chi connectivity index (χ3n) is 1.89. The maximum atomic E-state index is 5.49. The van der Waals surface area contributed by atoms with Crippen molar-refractivity contribution in [3.8, 4) is 0 Å². The molecule has 1 aromatic heterocycles. The second kappa shape index (κ2) is 4.95. The predicted molar refractivity (Wildman–Crippen MR) is 50.7 cm³/mol. The summed E-state index contributed by atoms with van der Waals surface area (Å²) in [5, 5.41) is 3.34. The Balaban J connectivity index is 2.11. The van der Waals surface area contributed by atoms with Crippen LogP contribution >= 0.6 is 0 Å². The van der Waals surface area contributed by atoms with Crippen LogP contribution in [0, 0.1) is 5.92 Å². The van der Waals surface area contributed by atoms with E-state index in [0.717, 1.165) is 19.6 Å². The molecule has 1 aromatic rings. The number of nitrogens with one attached hydrogen (secondary N) is 2. The van der Waals surface area contributed by atoms with Gasteiger partial charge in [0.05, 0.1) is 0 Å². The molecule has 1 unspecified atom stereocenters. The van der Waals surface area contributed by atoms with Crippen molar-refractivity contribution < 1.29 is 0 Å². The van der Waals surface area contributed by atoms with Gasteiger partial charge in [0, 0.05) is 18.9 Å². The normalized spacial score (nSPS) is 13.2. The van der Waals surface area contributed by atoms with E-state index in [-0.39, 0.29) is 0 Å². The lowest BCUT2D eigenvalue weighted by Crippen LogP contribution is -2.25. The zero-order valence-corrected chi connectivity index (χ0v) is 7.51. The van der Waals surface area contributed by atoms with Crippen LogP contribution in [0.5, 0.6) is 0 Å². The SMILES string of the molecule is CC(CN)CNCc1cc[nH]c1. The zero-order valence-electron chi connectivity index (χ0n) is 7.51. The zero-order chi connectivity index (χ0) is 8.81. The minimum absolute atomic E-state index is 0.559. The molecule has 0 radical (unpaired) electrons. The van der Waals surface area contributed by atoms with Gasteiger partial charge < -0.3 is 16.0 Å². The second-order valence-corrected chi connectivity index (χ2v) is 3.19. The molecule has 3 nitrogen and oxygen atoms in total. The summed E-state index contributed by atoms with van der Waals surface area (Å²) in [4.78, 5) is 3.02. The first-order chi connectivity index (χ1) is 5.83. The van der Waals surface area contributed by atoms with Crippen LogP contribution in [0.4, 0.5) is 0 Å². The molecule has 0 amide bonds. The Hall–Kier alpha value is -0.800. The van der Waals surface area contributed by atoms with E-state index in [2.05, 4.69) is 23.3 Å². The van der Waals surface area contributed by atoms with Crippen LogP contribution in [0.25, 0.3) is 0 Å². The standard InChI is InChI=1S/C9H17N3/c1-8(4-10)5-12-7-9-2-3-11-6-9/h2-3,6,8,11-12H,4-5,7,10H2,1H3. The topological polar surface area (TPSA) is 53.8 Å². The highest BCUT2D eigenvalue weighted by molar-refractivity contribution is 5.07. The number of nitrogens with two attached hydrogens (primary N) is 1. The van der Waals surface area contributed by atoms with Crippen molar-refractivity contribution in [1.29, 1.82) is 0 Å². The molecule has 0 aliphatic heterocycles. The van der Waals surface area contributed by atoms with Crippen molar-refractivity contribution in [2.75, 3.05) is 13.1 Å². The first-order valence-corrected chi connectivity index (χ1v) is 4.35. The highest BCUT2D eigenvalue weighted by atomic mass is 14.9. The molecule has 1 rings (SSSR count). The Morgan fingerprint density at radius 1 is 1.67 bits per heavy atom. The van der Waals surface area contributed by atoms with E-state index in [9.17, 15) is 0 Å². The van der Waals surface area contributed by atoms with Gasteiger partial charge in [0.2, 0.25) is 0 Å². The average Bonchev–Trinajstić information content (AvgIpc) is 2.57. The summed E-state index contributed by atoms with van der Waals surface area (Å²) in [7, 11) is 0. The highest BCUT2D eigenvalue weighted by Gasteiger charge is 1.97. The quantitative estimate of drug-likeness (QED) is 0.604. The fourth-order valence-corrected chi connectivity index (χ4v) is 1.01. The molecule has 68 valence electrons. The van der Waals surface area contributed by atoms with Gasteiger partial charge in [-0.15, -0.1) is 0 Å². The lowest BCUT2D eigenvalue weighted by molar-refractivity contribution is 0.522. The number of hydrogen-bond donors (Lipinski definition) is 3. The molecular formula is C9H17N3. The maximum Gasteiger partial charge on any atom is 0.0220 e.